The lowest BCUT2D eigenvalue weighted by Gasteiger charge is -2.06. The van der Waals surface area contributed by atoms with Crippen molar-refractivity contribution in [2.24, 2.45) is 0 Å². The summed E-state index contributed by atoms with van der Waals surface area (Å²) in [6, 6.07) is 6.10. The van der Waals surface area contributed by atoms with E-state index in [4.69, 9.17) is 0 Å². The minimum absolute atomic E-state index is 0.109. The smallest absolute Gasteiger partial charge is 0.266 e. The number of halogens is 3. The molecule has 0 amide bonds. The molecule has 0 spiro atoms. The average molecular weight is 293 g/mol. The highest BCUT2D eigenvalue weighted by molar-refractivity contribution is 7.92. The van der Waals surface area contributed by atoms with Gasteiger partial charge in [0.2, 0.25) is 10.0 Å². The molecule has 104 valence electrons. The topological polar surface area (TPSA) is 64.0 Å². The van der Waals surface area contributed by atoms with Gasteiger partial charge >= 0.3 is 6.18 Å². The van der Waals surface area contributed by atoms with Crippen molar-refractivity contribution in [2.45, 2.75) is 12.7 Å². The zero-order valence-corrected chi connectivity index (χ0v) is 10.6. The first-order valence-corrected chi connectivity index (χ1v) is 7.05. The molecule has 0 aliphatic heterocycles. The third-order valence-electron chi connectivity index (χ3n) is 2.27. The van der Waals surface area contributed by atoms with Gasteiger partial charge < -0.3 is 0 Å². The van der Waals surface area contributed by atoms with E-state index in [9.17, 15) is 21.6 Å². The summed E-state index contributed by atoms with van der Waals surface area (Å²) in [6.45, 7) is -1.28. The minimum Gasteiger partial charge on any atom is -0.266 e. The van der Waals surface area contributed by atoms with Gasteiger partial charge in [-0.25, -0.2) is 8.42 Å². The van der Waals surface area contributed by atoms with Crippen LogP contribution in [0.5, 0.6) is 0 Å². The van der Waals surface area contributed by atoms with Crippen LogP contribution >= 0.6 is 0 Å². The Morgan fingerprint density at radius 3 is 2.53 bits per heavy atom. The lowest BCUT2D eigenvalue weighted by Crippen LogP contribution is -2.19. The Morgan fingerprint density at radius 2 is 1.95 bits per heavy atom. The molecule has 2 rings (SSSR count). The highest BCUT2D eigenvalue weighted by Gasteiger charge is 2.30. The van der Waals surface area contributed by atoms with Crippen LogP contribution in [0.1, 0.15) is 0 Å². The Hall–Kier alpha value is -1.77. The van der Waals surface area contributed by atoms with Crippen LogP contribution in [0.2, 0.25) is 0 Å². The van der Waals surface area contributed by atoms with Gasteiger partial charge in [-0.1, -0.05) is 12.1 Å². The third kappa shape index (κ3) is 3.37. The number of aromatic nitrogens is 2. The largest absolute Gasteiger partial charge is 0.408 e. The molecule has 1 aromatic heterocycles. The maximum Gasteiger partial charge on any atom is 0.408 e. The predicted molar refractivity (Wildman–Crippen MR) is 64.3 cm³/mol. The first-order chi connectivity index (χ1) is 8.66. The molecule has 0 bridgehead atoms. The summed E-state index contributed by atoms with van der Waals surface area (Å²) in [5.41, 5.74) is 0.214. The summed E-state index contributed by atoms with van der Waals surface area (Å²) in [4.78, 5) is 0. The molecule has 19 heavy (non-hydrogen) atoms. The lowest BCUT2D eigenvalue weighted by atomic mass is 10.2. The van der Waals surface area contributed by atoms with E-state index in [-0.39, 0.29) is 11.3 Å². The zero-order chi connectivity index (χ0) is 14.3. The van der Waals surface area contributed by atoms with Crippen molar-refractivity contribution in [3.05, 3.63) is 24.3 Å². The monoisotopic (exact) mass is 293 g/mol. The van der Waals surface area contributed by atoms with E-state index in [0.717, 1.165) is 10.9 Å². The van der Waals surface area contributed by atoms with Crippen molar-refractivity contribution in [1.82, 2.24) is 9.78 Å². The summed E-state index contributed by atoms with van der Waals surface area (Å²) in [5, 5.41) is 3.98. The molecular formula is C10H10F3N3O2S. The normalized spacial score (nSPS) is 12.8. The molecule has 0 aliphatic carbocycles. The van der Waals surface area contributed by atoms with Crippen molar-refractivity contribution >= 4 is 26.7 Å². The molecule has 9 heteroatoms. The fraction of sp³-hybridized carbons (Fsp3) is 0.300. The van der Waals surface area contributed by atoms with E-state index < -0.39 is 22.7 Å². The van der Waals surface area contributed by atoms with Crippen LogP contribution in [-0.4, -0.2) is 30.6 Å². The SMILES string of the molecule is CS(=O)(=O)Nc1nn(CC(F)(F)F)c2ccccc12. The fourth-order valence-corrected chi connectivity index (χ4v) is 2.17. The maximum atomic E-state index is 12.4. The summed E-state index contributed by atoms with van der Waals surface area (Å²) >= 11 is 0. The zero-order valence-electron chi connectivity index (χ0n) is 9.77. The quantitative estimate of drug-likeness (QED) is 0.941. The average Bonchev–Trinajstić information content (AvgIpc) is 2.53. The number of alkyl halides is 3. The van der Waals surface area contributed by atoms with Crippen LogP contribution in [0.15, 0.2) is 24.3 Å². The molecule has 0 saturated carbocycles. The van der Waals surface area contributed by atoms with Gasteiger partial charge in [0.1, 0.15) is 6.54 Å². The number of hydrogen-bond donors (Lipinski definition) is 1. The van der Waals surface area contributed by atoms with Gasteiger partial charge in [-0.15, -0.1) is 0 Å². The molecule has 0 radical (unpaired) electrons. The van der Waals surface area contributed by atoms with E-state index in [1.807, 2.05) is 0 Å². The molecule has 0 aliphatic rings. The standard InChI is InChI=1S/C10H10F3N3O2S/c1-19(17,18)15-9-7-4-2-3-5-8(7)16(14-9)6-10(11,12)13/h2-5H,6H2,1H3,(H,14,15). The summed E-state index contributed by atoms with van der Waals surface area (Å²) in [5.74, 6) is -0.109. The Kier molecular flexibility index (Phi) is 3.17. The van der Waals surface area contributed by atoms with Gasteiger partial charge in [-0.05, 0) is 12.1 Å². The summed E-state index contributed by atoms with van der Waals surface area (Å²) in [7, 11) is -3.61. The Labute approximate surface area is 107 Å². The number of sulfonamides is 1. The molecule has 0 atom stereocenters. The minimum atomic E-state index is -4.43. The van der Waals surface area contributed by atoms with Crippen LogP contribution in [0, 0.1) is 0 Å². The number of benzene rings is 1. The maximum absolute atomic E-state index is 12.4. The third-order valence-corrected chi connectivity index (χ3v) is 2.83. The van der Waals surface area contributed by atoms with E-state index in [2.05, 4.69) is 9.82 Å². The second-order valence-corrected chi connectivity index (χ2v) is 5.76. The highest BCUT2D eigenvalue weighted by atomic mass is 32.2. The van der Waals surface area contributed by atoms with Crippen LogP contribution in [0.3, 0.4) is 0 Å². The van der Waals surface area contributed by atoms with E-state index in [0.29, 0.717) is 5.39 Å². The highest BCUT2D eigenvalue weighted by Crippen LogP contribution is 2.26. The summed E-state index contributed by atoms with van der Waals surface area (Å²) in [6.07, 6.45) is -3.53. The van der Waals surface area contributed by atoms with Gasteiger partial charge in [0.05, 0.1) is 11.8 Å². The number of fused-ring (bicyclic) bond motifs is 1. The van der Waals surface area contributed by atoms with Crippen LogP contribution in [0.4, 0.5) is 19.0 Å². The van der Waals surface area contributed by atoms with Crippen molar-refractivity contribution < 1.29 is 21.6 Å². The number of rotatable bonds is 3. The van der Waals surface area contributed by atoms with Gasteiger partial charge in [0.25, 0.3) is 0 Å². The van der Waals surface area contributed by atoms with Crippen molar-refractivity contribution in [1.29, 1.82) is 0 Å². The fourth-order valence-electron chi connectivity index (χ4n) is 1.67. The molecule has 5 nitrogen and oxygen atoms in total. The van der Waals surface area contributed by atoms with Gasteiger partial charge in [0.15, 0.2) is 5.82 Å². The molecule has 0 unspecified atom stereocenters. The first kappa shape index (κ1) is 13.7. The van der Waals surface area contributed by atoms with E-state index in [1.54, 1.807) is 12.1 Å². The molecular weight excluding hydrogens is 283 g/mol. The van der Waals surface area contributed by atoms with Crippen molar-refractivity contribution in [3.8, 4) is 0 Å². The van der Waals surface area contributed by atoms with Crippen LogP contribution < -0.4 is 4.72 Å². The summed E-state index contributed by atoms with van der Waals surface area (Å²) < 4.78 is 62.4. The Bertz CT molecular complexity index is 706. The first-order valence-electron chi connectivity index (χ1n) is 5.16. The molecule has 1 aromatic carbocycles. The van der Waals surface area contributed by atoms with E-state index >= 15 is 0 Å². The molecule has 0 saturated heterocycles. The molecule has 2 aromatic rings. The van der Waals surface area contributed by atoms with Crippen LogP contribution in [-0.2, 0) is 16.6 Å². The molecule has 1 heterocycles. The van der Waals surface area contributed by atoms with Gasteiger partial charge in [-0.2, -0.15) is 18.3 Å². The Balaban J connectivity index is 2.54. The molecule has 1 N–H and O–H groups in total. The lowest BCUT2D eigenvalue weighted by molar-refractivity contribution is -0.141. The second kappa shape index (κ2) is 4.41. The van der Waals surface area contributed by atoms with E-state index in [1.165, 1.54) is 12.1 Å². The van der Waals surface area contributed by atoms with Gasteiger partial charge in [0, 0.05) is 5.39 Å². The number of hydrogen-bond acceptors (Lipinski definition) is 3. The number of anilines is 1. The number of para-hydroxylation sites is 1. The van der Waals surface area contributed by atoms with Gasteiger partial charge in [-0.3, -0.25) is 9.40 Å². The van der Waals surface area contributed by atoms with Crippen LogP contribution in [0.25, 0.3) is 10.9 Å². The second-order valence-electron chi connectivity index (χ2n) is 4.01. The predicted octanol–water partition coefficient (Wildman–Crippen LogP) is 1.97. The molecule has 0 fully saturated rings. The Morgan fingerprint density at radius 1 is 1.32 bits per heavy atom. The van der Waals surface area contributed by atoms with Crippen molar-refractivity contribution in [2.75, 3.05) is 11.0 Å². The number of nitrogens with zero attached hydrogens (tertiary/aromatic N) is 2. The number of nitrogens with one attached hydrogen (secondary N) is 1. The van der Waals surface area contributed by atoms with Crippen molar-refractivity contribution in [3.63, 3.8) is 0 Å².